The summed E-state index contributed by atoms with van der Waals surface area (Å²) in [6.07, 6.45) is 3.33. The van der Waals surface area contributed by atoms with Gasteiger partial charge in [-0.05, 0) is 12.5 Å². The van der Waals surface area contributed by atoms with Gasteiger partial charge in [-0.1, -0.05) is 42.0 Å². The quantitative estimate of drug-likeness (QED) is 0.650. The van der Waals surface area contributed by atoms with Crippen LogP contribution in [0.25, 0.3) is 12.2 Å². The van der Waals surface area contributed by atoms with Gasteiger partial charge in [0.05, 0.1) is 11.6 Å². The summed E-state index contributed by atoms with van der Waals surface area (Å²) in [4.78, 5) is 0. The van der Waals surface area contributed by atoms with E-state index >= 15 is 0 Å². The largest absolute Gasteiger partial charge is 0.504 e. The molecule has 2 rings (SSSR count). The van der Waals surface area contributed by atoms with Crippen molar-refractivity contribution in [1.82, 2.24) is 0 Å². The normalized spacial score (nSPS) is 10.2. The van der Waals surface area contributed by atoms with Gasteiger partial charge >= 0.3 is 0 Å². The van der Waals surface area contributed by atoms with Crippen molar-refractivity contribution >= 4 is 12.2 Å². The minimum atomic E-state index is -0.514. The van der Waals surface area contributed by atoms with Crippen molar-refractivity contribution in [2.75, 3.05) is 0 Å². The summed E-state index contributed by atoms with van der Waals surface area (Å²) in [5.74, 6) is -0.990. The van der Waals surface area contributed by atoms with E-state index in [0.29, 0.717) is 0 Å². The molecule has 0 aliphatic rings. The molecule has 0 saturated heterocycles. The minimum absolute atomic E-state index is 0.116. The Kier molecular flexibility index (Phi) is 3.92. The zero-order valence-corrected chi connectivity index (χ0v) is 11.3. The fourth-order valence-corrected chi connectivity index (χ4v) is 1.91. The molecule has 0 atom stereocenters. The van der Waals surface area contributed by atoms with Crippen LogP contribution in [0.1, 0.15) is 27.8 Å². The zero-order chi connectivity index (χ0) is 15.4. The highest BCUT2D eigenvalue weighted by Gasteiger charge is 2.15. The molecule has 0 radical (unpaired) electrons. The van der Waals surface area contributed by atoms with E-state index in [1.165, 1.54) is 0 Å². The van der Waals surface area contributed by atoms with Gasteiger partial charge in [-0.15, -0.1) is 0 Å². The first-order chi connectivity index (χ1) is 10.1. The third kappa shape index (κ3) is 2.86. The molecule has 0 bridgehead atoms. The van der Waals surface area contributed by atoms with Crippen molar-refractivity contribution in [3.8, 4) is 23.6 Å². The van der Waals surface area contributed by atoms with E-state index in [4.69, 9.17) is 10.5 Å². The second kappa shape index (κ2) is 5.81. The van der Waals surface area contributed by atoms with E-state index in [9.17, 15) is 10.2 Å². The Morgan fingerprint density at radius 2 is 1.67 bits per heavy atom. The van der Waals surface area contributed by atoms with Crippen LogP contribution in [0.15, 0.2) is 30.3 Å². The maximum absolute atomic E-state index is 9.72. The summed E-state index contributed by atoms with van der Waals surface area (Å²) < 4.78 is 0. The van der Waals surface area contributed by atoms with Crippen molar-refractivity contribution in [1.29, 1.82) is 10.5 Å². The summed E-state index contributed by atoms with van der Waals surface area (Å²) >= 11 is 0. The topological polar surface area (TPSA) is 88.0 Å². The van der Waals surface area contributed by atoms with Crippen molar-refractivity contribution in [3.63, 3.8) is 0 Å². The summed E-state index contributed by atoms with van der Waals surface area (Å²) in [6.45, 7) is 1.98. The highest BCUT2D eigenvalue weighted by molar-refractivity contribution is 5.79. The lowest BCUT2D eigenvalue weighted by Gasteiger charge is -2.06. The van der Waals surface area contributed by atoms with Gasteiger partial charge in [0.25, 0.3) is 0 Å². The second-order valence-electron chi connectivity index (χ2n) is 4.55. The van der Waals surface area contributed by atoms with Crippen LogP contribution in [0.3, 0.4) is 0 Å². The molecule has 0 amide bonds. The number of nitrogens with zero attached hydrogens (tertiary/aromatic N) is 2. The van der Waals surface area contributed by atoms with E-state index in [0.717, 1.165) is 17.2 Å². The van der Waals surface area contributed by atoms with Crippen LogP contribution in [0.4, 0.5) is 0 Å². The molecule has 21 heavy (non-hydrogen) atoms. The number of phenolic OH excluding ortho intramolecular Hbond substituents is 2. The highest BCUT2D eigenvalue weighted by atomic mass is 16.3. The van der Waals surface area contributed by atoms with Gasteiger partial charge < -0.3 is 10.2 Å². The first-order valence-electron chi connectivity index (χ1n) is 6.20. The SMILES string of the molecule is Cc1ccc(/C=C/c2c(C#N)cc(O)c(O)c2C#N)cc1. The monoisotopic (exact) mass is 276 g/mol. The Morgan fingerprint density at radius 3 is 2.24 bits per heavy atom. The van der Waals surface area contributed by atoms with Crippen LogP contribution in [0.2, 0.25) is 0 Å². The minimum Gasteiger partial charge on any atom is -0.504 e. The van der Waals surface area contributed by atoms with Gasteiger partial charge in [-0.2, -0.15) is 10.5 Å². The average Bonchev–Trinajstić information content (AvgIpc) is 2.49. The van der Waals surface area contributed by atoms with Gasteiger partial charge in [-0.25, -0.2) is 0 Å². The molecule has 0 aromatic heterocycles. The number of rotatable bonds is 2. The Labute approximate surface area is 122 Å². The fourth-order valence-electron chi connectivity index (χ4n) is 1.91. The molecule has 2 aromatic carbocycles. The molecular formula is C17H12N2O2. The maximum Gasteiger partial charge on any atom is 0.176 e. The molecule has 102 valence electrons. The molecule has 0 saturated carbocycles. The van der Waals surface area contributed by atoms with E-state index in [1.807, 2.05) is 43.3 Å². The van der Waals surface area contributed by atoms with Crippen LogP contribution < -0.4 is 0 Å². The number of hydrogen-bond donors (Lipinski definition) is 2. The number of benzene rings is 2. The van der Waals surface area contributed by atoms with Gasteiger partial charge in [0, 0.05) is 11.6 Å². The van der Waals surface area contributed by atoms with E-state index in [2.05, 4.69) is 0 Å². The number of aryl methyl sites for hydroxylation is 1. The molecule has 0 unspecified atom stereocenters. The van der Waals surface area contributed by atoms with Crippen molar-refractivity contribution in [2.24, 2.45) is 0 Å². The molecule has 0 heterocycles. The number of phenols is 2. The van der Waals surface area contributed by atoms with Crippen LogP contribution >= 0.6 is 0 Å². The lowest BCUT2D eigenvalue weighted by molar-refractivity contribution is 0.402. The molecule has 4 nitrogen and oxygen atoms in total. The molecule has 4 heteroatoms. The Balaban J connectivity index is 2.54. The molecule has 0 spiro atoms. The molecule has 0 aliphatic heterocycles. The number of nitriles is 2. The van der Waals surface area contributed by atoms with E-state index < -0.39 is 11.5 Å². The van der Waals surface area contributed by atoms with Crippen molar-refractivity contribution in [2.45, 2.75) is 6.92 Å². The average molecular weight is 276 g/mol. The Morgan fingerprint density at radius 1 is 1.00 bits per heavy atom. The predicted octanol–water partition coefficient (Wildman–Crippen LogP) is 3.32. The van der Waals surface area contributed by atoms with Gasteiger partial charge in [0.15, 0.2) is 11.5 Å². The molecular weight excluding hydrogens is 264 g/mol. The van der Waals surface area contributed by atoms with Gasteiger partial charge in [0.1, 0.15) is 11.6 Å². The van der Waals surface area contributed by atoms with Crippen LogP contribution in [0.5, 0.6) is 11.5 Å². The molecule has 2 aromatic rings. The molecule has 0 aliphatic carbocycles. The fraction of sp³-hybridized carbons (Fsp3) is 0.0588. The Hall–Kier alpha value is -3.24. The van der Waals surface area contributed by atoms with Crippen molar-refractivity contribution in [3.05, 3.63) is 58.1 Å². The van der Waals surface area contributed by atoms with E-state index in [1.54, 1.807) is 12.2 Å². The molecule has 0 fully saturated rings. The van der Waals surface area contributed by atoms with Crippen LogP contribution in [-0.2, 0) is 0 Å². The summed E-state index contributed by atoms with van der Waals surface area (Å²) in [6, 6.07) is 12.6. The molecule has 2 N–H and O–H groups in total. The first kappa shape index (κ1) is 14.2. The third-order valence-electron chi connectivity index (χ3n) is 3.07. The summed E-state index contributed by atoms with van der Waals surface area (Å²) in [5.41, 5.74) is 2.33. The number of hydrogen-bond acceptors (Lipinski definition) is 4. The highest BCUT2D eigenvalue weighted by Crippen LogP contribution is 2.34. The predicted molar refractivity (Wildman–Crippen MR) is 79.3 cm³/mol. The third-order valence-corrected chi connectivity index (χ3v) is 3.07. The number of aromatic hydroxyl groups is 2. The van der Waals surface area contributed by atoms with Crippen molar-refractivity contribution < 1.29 is 10.2 Å². The van der Waals surface area contributed by atoms with Crippen LogP contribution in [-0.4, -0.2) is 10.2 Å². The first-order valence-corrected chi connectivity index (χ1v) is 6.20. The lowest BCUT2D eigenvalue weighted by Crippen LogP contribution is -1.90. The van der Waals surface area contributed by atoms with Crippen LogP contribution in [0, 0.1) is 29.6 Å². The lowest BCUT2D eigenvalue weighted by atomic mass is 9.99. The van der Waals surface area contributed by atoms with Gasteiger partial charge in [-0.3, -0.25) is 0 Å². The van der Waals surface area contributed by atoms with Gasteiger partial charge in [0.2, 0.25) is 0 Å². The standard InChI is InChI=1S/C17H12N2O2/c1-11-2-4-12(5-3-11)6-7-14-13(9-18)8-16(20)17(21)15(14)10-19/h2-8,20-21H,1H3/b7-6+. The smallest absolute Gasteiger partial charge is 0.176 e. The Bertz CT molecular complexity index is 792. The summed E-state index contributed by atoms with van der Waals surface area (Å²) in [5, 5.41) is 37.4. The zero-order valence-electron chi connectivity index (χ0n) is 11.3. The maximum atomic E-state index is 9.72. The summed E-state index contributed by atoms with van der Waals surface area (Å²) in [7, 11) is 0. The second-order valence-corrected chi connectivity index (χ2v) is 4.55. The van der Waals surface area contributed by atoms with E-state index in [-0.39, 0.29) is 16.7 Å².